The van der Waals surface area contributed by atoms with Crippen LogP contribution in [0.3, 0.4) is 0 Å². The lowest BCUT2D eigenvalue weighted by Gasteiger charge is -2.01. The van der Waals surface area contributed by atoms with Crippen LogP contribution < -0.4 is 4.74 Å². The number of fused-ring (bicyclic) bond motifs is 1. The Morgan fingerprint density at radius 3 is 2.71 bits per heavy atom. The molecule has 4 rings (SSSR count). The van der Waals surface area contributed by atoms with Crippen LogP contribution in [0.1, 0.15) is 5.56 Å². The molecule has 0 atom stereocenters. The monoisotopic (exact) mass is 295 g/mol. The number of aromatic hydroxyl groups is 1. The van der Waals surface area contributed by atoms with Gasteiger partial charge in [-0.25, -0.2) is 4.98 Å². The maximum absolute atomic E-state index is 9.35. The molecular formula is C17H13NO2S. The first kappa shape index (κ1) is 12.4. The van der Waals surface area contributed by atoms with E-state index >= 15 is 0 Å². The zero-order chi connectivity index (χ0) is 14.2. The lowest BCUT2D eigenvalue weighted by molar-refractivity contribution is 0.357. The number of ether oxygens (including phenoxy) is 1. The Bertz CT molecular complexity index is 793. The van der Waals surface area contributed by atoms with E-state index < -0.39 is 0 Å². The molecule has 104 valence electrons. The largest absolute Gasteiger partial charge is 0.508 e. The minimum Gasteiger partial charge on any atom is -0.508 e. The van der Waals surface area contributed by atoms with E-state index in [0.29, 0.717) is 0 Å². The van der Waals surface area contributed by atoms with Gasteiger partial charge in [0.2, 0.25) is 0 Å². The second-order valence-corrected chi connectivity index (χ2v) is 5.86. The predicted molar refractivity (Wildman–Crippen MR) is 83.8 cm³/mol. The van der Waals surface area contributed by atoms with Crippen LogP contribution in [0.5, 0.6) is 11.5 Å². The highest BCUT2D eigenvalue weighted by molar-refractivity contribution is 7.13. The van der Waals surface area contributed by atoms with Crippen molar-refractivity contribution in [1.29, 1.82) is 0 Å². The van der Waals surface area contributed by atoms with Gasteiger partial charge >= 0.3 is 0 Å². The highest BCUT2D eigenvalue weighted by Crippen LogP contribution is 2.33. The Balaban J connectivity index is 1.69. The molecular weight excluding hydrogens is 282 g/mol. The summed E-state index contributed by atoms with van der Waals surface area (Å²) in [5.41, 5.74) is 4.39. The summed E-state index contributed by atoms with van der Waals surface area (Å²) in [4.78, 5) is 4.70. The van der Waals surface area contributed by atoms with Crippen molar-refractivity contribution in [1.82, 2.24) is 4.98 Å². The van der Waals surface area contributed by atoms with Crippen molar-refractivity contribution in [3.05, 3.63) is 53.4 Å². The van der Waals surface area contributed by atoms with Crippen molar-refractivity contribution in [2.75, 3.05) is 6.61 Å². The van der Waals surface area contributed by atoms with E-state index in [4.69, 9.17) is 9.72 Å². The van der Waals surface area contributed by atoms with Crippen molar-refractivity contribution >= 4 is 11.3 Å². The highest BCUT2D eigenvalue weighted by Gasteiger charge is 2.14. The molecule has 4 heteroatoms. The first-order valence-corrected chi connectivity index (χ1v) is 7.68. The van der Waals surface area contributed by atoms with Gasteiger partial charge in [-0.2, -0.15) is 0 Å². The van der Waals surface area contributed by atoms with Gasteiger partial charge in [0.25, 0.3) is 0 Å². The third-order valence-electron chi connectivity index (χ3n) is 3.60. The zero-order valence-electron chi connectivity index (χ0n) is 11.2. The fourth-order valence-electron chi connectivity index (χ4n) is 2.49. The Morgan fingerprint density at radius 1 is 1.05 bits per heavy atom. The number of phenols is 1. The molecule has 0 radical (unpaired) electrons. The molecule has 3 aromatic rings. The minimum absolute atomic E-state index is 0.272. The van der Waals surface area contributed by atoms with E-state index in [9.17, 15) is 5.11 Å². The summed E-state index contributed by atoms with van der Waals surface area (Å²) in [5.74, 6) is 1.27. The van der Waals surface area contributed by atoms with Crippen LogP contribution in [0, 0.1) is 0 Å². The van der Waals surface area contributed by atoms with Gasteiger partial charge in [0.1, 0.15) is 16.5 Å². The molecule has 0 aliphatic carbocycles. The Kier molecular flexibility index (Phi) is 2.89. The van der Waals surface area contributed by atoms with Gasteiger partial charge in [-0.3, -0.25) is 0 Å². The quantitative estimate of drug-likeness (QED) is 0.773. The van der Waals surface area contributed by atoms with Gasteiger partial charge in [-0.05, 0) is 48.0 Å². The lowest BCUT2D eigenvalue weighted by Crippen LogP contribution is -1.85. The summed E-state index contributed by atoms with van der Waals surface area (Å²) in [6, 6.07) is 13.4. The molecule has 1 aliphatic rings. The van der Waals surface area contributed by atoms with Gasteiger partial charge in [-0.15, -0.1) is 11.3 Å². The molecule has 2 aromatic carbocycles. The highest BCUT2D eigenvalue weighted by atomic mass is 32.1. The Morgan fingerprint density at radius 2 is 1.86 bits per heavy atom. The molecule has 1 aliphatic heterocycles. The molecule has 1 aromatic heterocycles. The maximum Gasteiger partial charge on any atom is 0.124 e. The summed E-state index contributed by atoms with van der Waals surface area (Å²) in [5, 5.41) is 12.4. The second kappa shape index (κ2) is 4.90. The van der Waals surface area contributed by atoms with Gasteiger partial charge < -0.3 is 9.84 Å². The van der Waals surface area contributed by atoms with E-state index in [2.05, 4.69) is 17.5 Å². The molecule has 21 heavy (non-hydrogen) atoms. The van der Waals surface area contributed by atoms with Crippen LogP contribution in [0.4, 0.5) is 0 Å². The fraction of sp³-hybridized carbons (Fsp3) is 0.118. The number of hydrogen-bond acceptors (Lipinski definition) is 4. The van der Waals surface area contributed by atoms with Crippen LogP contribution in [-0.4, -0.2) is 16.7 Å². The van der Waals surface area contributed by atoms with Crippen molar-refractivity contribution in [2.45, 2.75) is 6.42 Å². The first-order chi connectivity index (χ1) is 10.3. The molecule has 1 N–H and O–H groups in total. The SMILES string of the molecule is Oc1ccc(-c2nc(-c3ccc4c(c3)CCO4)cs2)cc1. The maximum atomic E-state index is 9.35. The van der Waals surface area contributed by atoms with Crippen LogP contribution >= 0.6 is 11.3 Å². The van der Waals surface area contributed by atoms with Gasteiger partial charge in [0.05, 0.1) is 12.3 Å². The van der Waals surface area contributed by atoms with Crippen molar-refractivity contribution in [3.63, 3.8) is 0 Å². The molecule has 2 heterocycles. The molecule has 0 unspecified atom stereocenters. The molecule has 0 spiro atoms. The van der Waals surface area contributed by atoms with E-state index in [1.165, 1.54) is 5.56 Å². The number of hydrogen-bond donors (Lipinski definition) is 1. The molecule has 0 saturated carbocycles. The molecule has 0 bridgehead atoms. The number of phenolic OH excluding ortho intramolecular Hbond substituents is 1. The molecule has 3 nitrogen and oxygen atoms in total. The van der Waals surface area contributed by atoms with Crippen LogP contribution in [0.25, 0.3) is 21.8 Å². The van der Waals surface area contributed by atoms with Crippen LogP contribution in [0.2, 0.25) is 0 Å². The smallest absolute Gasteiger partial charge is 0.124 e. The first-order valence-electron chi connectivity index (χ1n) is 6.81. The van der Waals surface area contributed by atoms with E-state index in [-0.39, 0.29) is 5.75 Å². The van der Waals surface area contributed by atoms with Gasteiger partial charge in [0, 0.05) is 22.9 Å². The molecule has 0 amide bonds. The third-order valence-corrected chi connectivity index (χ3v) is 4.50. The van der Waals surface area contributed by atoms with Crippen molar-refractivity contribution in [2.24, 2.45) is 0 Å². The third kappa shape index (κ3) is 2.28. The number of rotatable bonds is 2. The number of aromatic nitrogens is 1. The zero-order valence-corrected chi connectivity index (χ0v) is 12.1. The van der Waals surface area contributed by atoms with Crippen molar-refractivity contribution in [3.8, 4) is 33.3 Å². The number of benzene rings is 2. The van der Waals surface area contributed by atoms with Gasteiger partial charge in [0.15, 0.2) is 0 Å². The summed E-state index contributed by atoms with van der Waals surface area (Å²) in [6.07, 6.45) is 0.970. The Hall–Kier alpha value is -2.33. The average molecular weight is 295 g/mol. The fourth-order valence-corrected chi connectivity index (χ4v) is 3.32. The topological polar surface area (TPSA) is 42.4 Å². The summed E-state index contributed by atoms with van der Waals surface area (Å²) in [6.45, 7) is 0.772. The van der Waals surface area contributed by atoms with Crippen LogP contribution in [0.15, 0.2) is 47.8 Å². The van der Waals surface area contributed by atoms with Gasteiger partial charge in [-0.1, -0.05) is 0 Å². The average Bonchev–Trinajstić information content (AvgIpc) is 3.16. The minimum atomic E-state index is 0.272. The summed E-state index contributed by atoms with van der Waals surface area (Å²) in [7, 11) is 0. The van der Waals surface area contributed by atoms with E-state index in [0.717, 1.165) is 40.6 Å². The molecule has 0 saturated heterocycles. The van der Waals surface area contributed by atoms with Crippen LogP contribution in [-0.2, 0) is 6.42 Å². The van der Waals surface area contributed by atoms with E-state index in [1.807, 2.05) is 18.2 Å². The normalized spacial score (nSPS) is 13.0. The van der Waals surface area contributed by atoms with E-state index in [1.54, 1.807) is 23.5 Å². The lowest BCUT2D eigenvalue weighted by atomic mass is 10.1. The van der Waals surface area contributed by atoms with Crippen molar-refractivity contribution < 1.29 is 9.84 Å². The Labute approximate surface area is 126 Å². The number of thiazole rings is 1. The molecule has 0 fully saturated rings. The predicted octanol–water partition coefficient (Wildman–Crippen LogP) is 4.12. The second-order valence-electron chi connectivity index (χ2n) is 5.01. The number of nitrogens with zero attached hydrogens (tertiary/aromatic N) is 1. The summed E-state index contributed by atoms with van der Waals surface area (Å²) < 4.78 is 5.53. The standard InChI is InChI=1S/C17H13NO2S/c19-14-4-1-11(2-5-14)17-18-15(10-21-17)12-3-6-16-13(9-12)7-8-20-16/h1-6,9-10,19H,7-8H2. The summed E-state index contributed by atoms with van der Waals surface area (Å²) >= 11 is 1.61.